The summed E-state index contributed by atoms with van der Waals surface area (Å²) >= 11 is 3.29. The Bertz CT molecular complexity index is 429. The summed E-state index contributed by atoms with van der Waals surface area (Å²) in [6.45, 7) is 0.736. The Balaban J connectivity index is 1.99. The van der Waals surface area contributed by atoms with E-state index in [1.807, 2.05) is 17.0 Å². The molecule has 18 heavy (non-hydrogen) atoms. The zero-order valence-corrected chi connectivity index (χ0v) is 11.1. The smallest absolute Gasteiger partial charge is 0.404 e. The zero-order chi connectivity index (χ0) is 13.1. The van der Waals surface area contributed by atoms with Crippen LogP contribution in [0, 0.1) is 0 Å². The topological polar surface area (TPSA) is 65.5 Å². The van der Waals surface area contributed by atoms with Gasteiger partial charge in [-0.15, -0.1) is 0 Å². The van der Waals surface area contributed by atoms with Crippen LogP contribution in [0.2, 0.25) is 0 Å². The number of nitrogens with one attached hydrogen (secondary N) is 1. The zero-order valence-electron chi connectivity index (χ0n) is 9.51. The third-order valence-corrected chi connectivity index (χ3v) is 3.36. The molecule has 0 spiro atoms. The summed E-state index contributed by atoms with van der Waals surface area (Å²) < 4.78 is 14.7. The number of carbonyl (C=O) groups is 1. The van der Waals surface area contributed by atoms with E-state index in [0.29, 0.717) is 18.8 Å². The fourth-order valence-corrected chi connectivity index (χ4v) is 2.22. The van der Waals surface area contributed by atoms with Gasteiger partial charge in [0.15, 0.2) is 0 Å². The van der Waals surface area contributed by atoms with E-state index in [1.54, 1.807) is 6.20 Å². The Kier molecular flexibility index (Phi) is 4.00. The summed E-state index contributed by atoms with van der Waals surface area (Å²) in [4.78, 5) is 16.5. The molecule has 2 heterocycles. The van der Waals surface area contributed by atoms with Crippen LogP contribution in [0.15, 0.2) is 22.8 Å². The highest BCUT2D eigenvalue weighted by molar-refractivity contribution is 9.10. The van der Waals surface area contributed by atoms with Crippen LogP contribution in [0.1, 0.15) is 6.42 Å². The highest BCUT2D eigenvalue weighted by Crippen LogP contribution is 2.21. The minimum Gasteiger partial charge on any atom is -0.465 e. The molecule has 0 bridgehead atoms. The van der Waals surface area contributed by atoms with Crippen LogP contribution in [-0.4, -0.2) is 41.5 Å². The lowest BCUT2D eigenvalue weighted by Crippen LogP contribution is -2.52. The monoisotopic (exact) mass is 317 g/mol. The van der Waals surface area contributed by atoms with Crippen molar-refractivity contribution in [3.05, 3.63) is 22.8 Å². The molecule has 1 saturated heterocycles. The number of rotatable bonds is 2. The average molecular weight is 318 g/mol. The summed E-state index contributed by atoms with van der Waals surface area (Å²) in [5.74, 6) is 0.703. The maximum Gasteiger partial charge on any atom is 0.404 e. The van der Waals surface area contributed by atoms with Crippen molar-refractivity contribution in [3.8, 4) is 0 Å². The Morgan fingerprint density at radius 1 is 1.61 bits per heavy atom. The average Bonchev–Trinajstić information content (AvgIpc) is 2.32. The molecule has 1 aromatic rings. The Morgan fingerprint density at radius 2 is 2.39 bits per heavy atom. The van der Waals surface area contributed by atoms with Gasteiger partial charge in [0.1, 0.15) is 12.0 Å². The van der Waals surface area contributed by atoms with Crippen molar-refractivity contribution < 1.29 is 14.3 Å². The molecule has 1 aliphatic heterocycles. The van der Waals surface area contributed by atoms with Gasteiger partial charge in [-0.2, -0.15) is 0 Å². The van der Waals surface area contributed by atoms with Crippen molar-refractivity contribution in [3.63, 3.8) is 0 Å². The van der Waals surface area contributed by atoms with Crippen LogP contribution in [0.25, 0.3) is 0 Å². The molecule has 1 fully saturated rings. The number of nitrogens with zero attached hydrogens (tertiary/aromatic N) is 2. The van der Waals surface area contributed by atoms with Gasteiger partial charge in [0, 0.05) is 17.2 Å². The fraction of sp³-hybridized carbons (Fsp3) is 0.455. The van der Waals surface area contributed by atoms with Gasteiger partial charge in [0.2, 0.25) is 0 Å². The van der Waals surface area contributed by atoms with Crippen LogP contribution in [0.3, 0.4) is 0 Å². The number of amides is 1. The molecule has 2 rings (SSSR count). The summed E-state index contributed by atoms with van der Waals surface area (Å²) in [7, 11) is 0. The molecule has 0 saturated carbocycles. The van der Waals surface area contributed by atoms with Gasteiger partial charge in [-0.05, 0) is 34.5 Å². The van der Waals surface area contributed by atoms with Crippen LogP contribution >= 0.6 is 15.9 Å². The first-order valence-electron chi connectivity index (χ1n) is 5.56. The lowest BCUT2D eigenvalue weighted by atomic mass is 10.0. The number of aromatic nitrogens is 1. The van der Waals surface area contributed by atoms with Gasteiger partial charge in [-0.25, -0.2) is 14.2 Å². The van der Waals surface area contributed by atoms with E-state index in [-0.39, 0.29) is 6.54 Å². The summed E-state index contributed by atoms with van der Waals surface area (Å²) in [5.41, 5.74) is 0. The molecule has 2 atom stereocenters. The number of piperidine rings is 1. The third-order valence-electron chi connectivity index (χ3n) is 2.89. The molecule has 1 aliphatic rings. The van der Waals surface area contributed by atoms with E-state index < -0.39 is 18.3 Å². The molecule has 5 nitrogen and oxygen atoms in total. The quantitative estimate of drug-likeness (QED) is 0.876. The van der Waals surface area contributed by atoms with Crippen molar-refractivity contribution in [2.24, 2.45) is 0 Å². The minimum absolute atomic E-state index is 0.152. The predicted octanol–water partition coefficient (Wildman–Crippen LogP) is 2.03. The van der Waals surface area contributed by atoms with Crippen LogP contribution in [0.5, 0.6) is 0 Å². The molecule has 1 amide bonds. The first-order chi connectivity index (χ1) is 8.56. The highest BCUT2D eigenvalue weighted by Gasteiger charge is 2.30. The number of carboxylic acid groups (broad SMARTS) is 1. The van der Waals surface area contributed by atoms with Crippen molar-refractivity contribution in [1.82, 2.24) is 10.3 Å². The molecule has 0 aromatic carbocycles. The lowest BCUT2D eigenvalue weighted by Gasteiger charge is -2.35. The number of alkyl halides is 1. The number of pyridine rings is 1. The molecule has 7 heteroatoms. The Labute approximate surface area is 112 Å². The minimum atomic E-state index is -1.22. The van der Waals surface area contributed by atoms with E-state index in [2.05, 4.69) is 26.2 Å². The van der Waals surface area contributed by atoms with Gasteiger partial charge in [0.25, 0.3) is 0 Å². The lowest BCUT2D eigenvalue weighted by molar-refractivity contribution is 0.168. The number of halogens is 2. The second-order valence-corrected chi connectivity index (χ2v) is 5.06. The molecule has 98 valence electrons. The molecule has 0 aliphatic carbocycles. The van der Waals surface area contributed by atoms with E-state index in [4.69, 9.17) is 5.11 Å². The number of hydrogen-bond donors (Lipinski definition) is 2. The van der Waals surface area contributed by atoms with Crippen LogP contribution < -0.4 is 10.2 Å². The summed E-state index contributed by atoms with van der Waals surface area (Å²) in [5, 5.41) is 10.8. The van der Waals surface area contributed by atoms with Crippen molar-refractivity contribution in [2.75, 3.05) is 18.0 Å². The number of anilines is 1. The molecular weight excluding hydrogens is 305 g/mol. The third kappa shape index (κ3) is 3.10. The first-order valence-corrected chi connectivity index (χ1v) is 6.35. The summed E-state index contributed by atoms with van der Waals surface area (Å²) in [6, 6.07) is 3.02. The van der Waals surface area contributed by atoms with E-state index in [9.17, 15) is 9.18 Å². The van der Waals surface area contributed by atoms with Gasteiger partial charge in [-0.1, -0.05) is 0 Å². The van der Waals surface area contributed by atoms with Gasteiger partial charge in [-0.3, -0.25) is 0 Å². The van der Waals surface area contributed by atoms with E-state index >= 15 is 0 Å². The van der Waals surface area contributed by atoms with Gasteiger partial charge < -0.3 is 15.3 Å². The molecule has 2 N–H and O–H groups in total. The van der Waals surface area contributed by atoms with Gasteiger partial charge >= 0.3 is 6.09 Å². The second-order valence-electron chi connectivity index (χ2n) is 4.14. The first kappa shape index (κ1) is 13.1. The SMILES string of the molecule is O=C(O)NC1CCN(c2ccc(Br)cn2)CC1F. The Morgan fingerprint density at radius 3 is 2.94 bits per heavy atom. The van der Waals surface area contributed by atoms with Crippen LogP contribution in [0.4, 0.5) is 15.0 Å². The largest absolute Gasteiger partial charge is 0.465 e. The molecule has 1 aromatic heterocycles. The van der Waals surface area contributed by atoms with Crippen LogP contribution in [-0.2, 0) is 0 Å². The van der Waals surface area contributed by atoms with Crippen molar-refractivity contribution >= 4 is 27.8 Å². The molecule has 0 radical (unpaired) electrons. The fourth-order valence-electron chi connectivity index (χ4n) is 1.99. The van der Waals surface area contributed by atoms with Gasteiger partial charge in [0.05, 0.1) is 12.6 Å². The molecular formula is C11H13BrFN3O2. The normalized spacial score (nSPS) is 23.8. The standard InChI is InChI=1S/C11H13BrFN3O2/c12-7-1-2-10(14-5-7)16-4-3-9(8(13)6-16)15-11(17)18/h1-2,5,8-9,15H,3-4,6H2,(H,17,18). The molecule has 2 unspecified atom stereocenters. The Hall–Kier alpha value is -1.37. The maximum absolute atomic E-state index is 13.8. The second kappa shape index (κ2) is 5.51. The highest BCUT2D eigenvalue weighted by atomic mass is 79.9. The van der Waals surface area contributed by atoms with Crippen molar-refractivity contribution in [1.29, 1.82) is 0 Å². The van der Waals surface area contributed by atoms with Crippen molar-refractivity contribution in [2.45, 2.75) is 18.6 Å². The predicted molar refractivity (Wildman–Crippen MR) is 68.6 cm³/mol. The van der Waals surface area contributed by atoms with E-state index in [1.165, 1.54) is 0 Å². The summed E-state index contributed by atoms with van der Waals surface area (Å²) in [6.07, 6.45) is -0.312. The van der Waals surface area contributed by atoms with E-state index in [0.717, 1.165) is 4.47 Å². The maximum atomic E-state index is 13.8. The number of hydrogen-bond acceptors (Lipinski definition) is 3.